The van der Waals surface area contributed by atoms with Gasteiger partial charge in [0.25, 0.3) is 5.91 Å². The van der Waals surface area contributed by atoms with Crippen molar-refractivity contribution in [3.63, 3.8) is 0 Å². The van der Waals surface area contributed by atoms with Gasteiger partial charge < -0.3 is 4.90 Å². The van der Waals surface area contributed by atoms with Crippen LogP contribution in [0, 0.1) is 0 Å². The van der Waals surface area contributed by atoms with E-state index < -0.39 is 10.0 Å². The molecule has 0 spiro atoms. The van der Waals surface area contributed by atoms with E-state index in [0.717, 1.165) is 12.8 Å². The molecule has 2 fully saturated rings. The Kier molecular flexibility index (Phi) is 4.62. The number of amides is 1. The smallest absolute Gasteiger partial charge is 0.253 e. The zero-order valence-electron chi connectivity index (χ0n) is 13.6. The van der Waals surface area contributed by atoms with Crippen LogP contribution in [0.3, 0.4) is 0 Å². The highest BCUT2D eigenvalue weighted by Crippen LogP contribution is 2.26. The summed E-state index contributed by atoms with van der Waals surface area (Å²) in [5, 5.41) is 0. The molecule has 1 aromatic carbocycles. The number of benzene rings is 1. The van der Waals surface area contributed by atoms with Gasteiger partial charge in [-0.1, -0.05) is 19.3 Å². The maximum absolute atomic E-state index is 12.6. The van der Waals surface area contributed by atoms with E-state index in [9.17, 15) is 13.2 Å². The number of carbonyl (C=O) groups excluding carboxylic acids is 1. The SMILES string of the molecule is CN(C(=O)c1ccc(N2CCCS2(=O)=O)cc1)C1CCCCC1. The largest absolute Gasteiger partial charge is 0.339 e. The molecule has 1 aromatic rings. The van der Waals surface area contributed by atoms with Gasteiger partial charge in [0.15, 0.2) is 0 Å². The fraction of sp³-hybridized carbons (Fsp3) is 0.588. The van der Waals surface area contributed by atoms with Crippen molar-refractivity contribution in [1.82, 2.24) is 4.90 Å². The van der Waals surface area contributed by atoms with Crippen molar-refractivity contribution >= 4 is 21.6 Å². The predicted molar refractivity (Wildman–Crippen MR) is 91.2 cm³/mol. The van der Waals surface area contributed by atoms with Gasteiger partial charge >= 0.3 is 0 Å². The van der Waals surface area contributed by atoms with E-state index in [4.69, 9.17) is 0 Å². The number of nitrogens with zero attached hydrogens (tertiary/aromatic N) is 2. The molecule has 3 rings (SSSR count). The first-order valence-electron chi connectivity index (χ1n) is 8.37. The summed E-state index contributed by atoms with van der Waals surface area (Å²) < 4.78 is 25.3. The Hall–Kier alpha value is -1.56. The van der Waals surface area contributed by atoms with Crippen LogP contribution in [0.2, 0.25) is 0 Å². The molecule has 0 atom stereocenters. The highest BCUT2D eigenvalue weighted by atomic mass is 32.2. The molecule has 1 amide bonds. The minimum absolute atomic E-state index is 0.0210. The van der Waals surface area contributed by atoms with Crippen molar-refractivity contribution in [3.05, 3.63) is 29.8 Å². The van der Waals surface area contributed by atoms with Crippen molar-refractivity contribution in [2.45, 2.75) is 44.6 Å². The lowest BCUT2D eigenvalue weighted by Gasteiger charge is -2.31. The van der Waals surface area contributed by atoms with Gasteiger partial charge in [-0.25, -0.2) is 8.42 Å². The summed E-state index contributed by atoms with van der Waals surface area (Å²) in [7, 11) is -1.30. The molecular formula is C17H24N2O3S. The number of sulfonamides is 1. The predicted octanol–water partition coefficient (Wildman–Crippen LogP) is 2.63. The minimum atomic E-state index is -3.17. The summed E-state index contributed by atoms with van der Waals surface area (Å²) in [5.74, 6) is 0.227. The third kappa shape index (κ3) is 3.37. The van der Waals surface area contributed by atoms with Crippen molar-refractivity contribution in [2.75, 3.05) is 23.7 Å². The third-order valence-corrected chi connectivity index (χ3v) is 6.81. The van der Waals surface area contributed by atoms with Crippen molar-refractivity contribution in [1.29, 1.82) is 0 Å². The van der Waals surface area contributed by atoms with Crippen molar-refractivity contribution in [3.8, 4) is 0 Å². The van der Waals surface area contributed by atoms with E-state index in [1.54, 1.807) is 24.3 Å². The number of hydrogen-bond acceptors (Lipinski definition) is 3. The van der Waals surface area contributed by atoms with E-state index in [1.165, 1.54) is 23.6 Å². The number of rotatable bonds is 3. The zero-order chi connectivity index (χ0) is 16.4. The molecule has 0 aromatic heterocycles. The lowest BCUT2D eigenvalue weighted by molar-refractivity contribution is 0.0696. The maximum Gasteiger partial charge on any atom is 0.253 e. The monoisotopic (exact) mass is 336 g/mol. The second-order valence-electron chi connectivity index (χ2n) is 6.50. The highest BCUT2D eigenvalue weighted by molar-refractivity contribution is 7.93. The van der Waals surface area contributed by atoms with Gasteiger partial charge in [-0.2, -0.15) is 0 Å². The summed E-state index contributed by atoms with van der Waals surface area (Å²) in [6.07, 6.45) is 6.45. The van der Waals surface area contributed by atoms with Gasteiger partial charge in [0.2, 0.25) is 10.0 Å². The average Bonchev–Trinajstić information content (AvgIpc) is 2.94. The minimum Gasteiger partial charge on any atom is -0.339 e. The molecule has 0 N–H and O–H groups in total. The molecule has 1 saturated heterocycles. The van der Waals surface area contributed by atoms with Gasteiger partial charge in [0, 0.05) is 25.2 Å². The number of carbonyl (C=O) groups is 1. The zero-order valence-corrected chi connectivity index (χ0v) is 14.4. The van der Waals surface area contributed by atoms with Crippen LogP contribution in [0.25, 0.3) is 0 Å². The van der Waals surface area contributed by atoms with Crippen LogP contribution in [-0.2, 0) is 10.0 Å². The summed E-state index contributed by atoms with van der Waals surface area (Å²) in [6, 6.07) is 7.29. The Morgan fingerprint density at radius 2 is 1.74 bits per heavy atom. The molecule has 5 nitrogen and oxygen atoms in total. The first-order chi connectivity index (χ1) is 11.0. The van der Waals surface area contributed by atoms with E-state index in [0.29, 0.717) is 30.3 Å². The lowest BCUT2D eigenvalue weighted by Crippen LogP contribution is -2.38. The normalized spacial score (nSPS) is 21.3. The molecule has 0 radical (unpaired) electrons. The molecule has 0 unspecified atom stereocenters. The molecular weight excluding hydrogens is 312 g/mol. The Labute approximate surface area is 138 Å². The van der Waals surface area contributed by atoms with Crippen LogP contribution in [0.5, 0.6) is 0 Å². The topological polar surface area (TPSA) is 57.7 Å². The molecule has 2 aliphatic rings. The van der Waals surface area contributed by atoms with Crippen LogP contribution in [-0.4, -0.2) is 44.6 Å². The summed E-state index contributed by atoms with van der Waals surface area (Å²) >= 11 is 0. The third-order valence-electron chi connectivity index (χ3n) is 4.94. The maximum atomic E-state index is 12.6. The second kappa shape index (κ2) is 6.51. The Morgan fingerprint density at radius 1 is 1.09 bits per heavy atom. The van der Waals surface area contributed by atoms with E-state index in [2.05, 4.69) is 0 Å². The van der Waals surface area contributed by atoms with E-state index in [-0.39, 0.29) is 11.7 Å². The van der Waals surface area contributed by atoms with Crippen LogP contribution in [0.1, 0.15) is 48.9 Å². The highest BCUT2D eigenvalue weighted by Gasteiger charge is 2.29. The van der Waals surface area contributed by atoms with Crippen molar-refractivity contribution in [2.24, 2.45) is 0 Å². The molecule has 1 aliphatic heterocycles. The molecule has 1 saturated carbocycles. The van der Waals surface area contributed by atoms with Gasteiger partial charge in [-0.3, -0.25) is 9.10 Å². The van der Waals surface area contributed by atoms with E-state index in [1.807, 2.05) is 11.9 Å². The van der Waals surface area contributed by atoms with Gasteiger partial charge in [0.1, 0.15) is 0 Å². The Balaban J connectivity index is 1.72. The van der Waals surface area contributed by atoms with Gasteiger partial charge in [0.05, 0.1) is 11.4 Å². The van der Waals surface area contributed by atoms with Gasteiger partial charge in [-0.05, 0) is 43.5 Å². The first kappa shape index (κ1) is 16.3. The Bertz CT molecular complexity index is 664. The summed E-state index contributed by atoms with van der Waals surface area (Å²) in [6.45, 7) is 0.525. The number of anilines is 1. The number of hydrogen-bond donors (Lipinski definition) is 0. The van der Waals surface area contributed by atoms with E-state index >= 15 is 0 Å². The molecule has 126 valence electrons. The standard InChI is InChI=1S/C17H24N2O3S/c1-18(15-6-3-2-4-7-15)17(20)14-8-10-16(11-9-14)19-12-5-13-23(19,21)22/h8-11,15H,2-7,12-13H2,1H3. The molecule has 1 heterocycles. The molecule has 23 heavy (non-hydrogen) atoms. The summed E-state index contributed by atoms with van der Waals surface area (Å²) in [5.41, 5.74) is 1.28. The fourth-order valence-electron chi connectivity index (χ4n) is 3.54. The van der Waals surface area contributed by atoms with Crippen LogP contribution in [0.4, 0.5) is 5.69 Å². The fourth-order valence-corrected chi connectivity index (χ4v) is 5.10. The quantitative estimate of drug-likeness (QED) is 0.852. The van der Waals surface area contributed by atoms with Crippen molar-refractivity contribution < 1.29 is 13.2 Å². The van der Waals surface area contributed by atoms with Gasteiger partial charge in [-0.15, -0.1) is 0 Å². The molecule has 0 bridgehead atoms. The van der Waals surface area contributed by atoms with Crippen LogP contribution >= 0.6 is 0 Å². The van der Waals surface area contributed by atoms with Crippen LogP contribution < -0.4 is 4.31 Å². The second-order valence-corrected chi connectivity index (χ2v) is 8.51. The van der Waals surface area contributed by atoms with Crippen LogP contribution in [0.15, 0.2) is 24.3 Å². The lowest BCUT2D eigenvalue weighted by atomic mass is 9.94. The molecule has 6 heteroatoms. The molecule has 1 aliphatic carbocycles. The Morgan fingerprint density at radius 3 is 2.30 bits per heavy atom. The summed E-state index contributed by atoms with van der Waals surface area (Å²) in [4.78, 5) is 14.4. The average molecular weight is 336 g/mol. The first-order valence-corrected chi connectivity index (χ1v) is 9.97.